The van der Waals surface area contributed by atoms with Gasteiger partial charge in [-0.15, -0.1) is 0 Å². The van der Waals surface area contributed by atoms with Crippen LogP contribution in [0.15, 0.2) is 12.7 Å². The number of nitrogens with zero attached hydrogens (tertiary/aromatic N) is 3. The molecule has 0 spiro atoms. The zero-order valence-electron chi connectivity index (χ0n) is 12.0. The Bertz CT molecular complexity index is 433. The molecule has 2 heterocycles. The van der Waals surface area contributed by atoms with Crippen molar-refractivity contribution in [1.82, 2.24) is 20.3 Å². The zero-order chi connectivity index (χ0) is 14.5. The molecule has 2 N–H and O–H groups in total. The summed E-state index contributed by atoms with van der Waals surface area (Å²) in [6, 6.07) is 0.833. The summed E-state index contributed by atoms with van der Waals surface area (Å²) in [7, 11) is 0. The van der Waals surface area contributed by atoms with Gasteiger partial charge in [0.15, 0.2) is 0 Å². The van der Waals surface area contributed by atoms with Crippen LogP contribution in [0.3, 0.4) is 0 Å². The molecule has 2 aliphatic rings. The summed E-state index contributed by atoms with van der Waals surface area (Å²) in [5, 5.41) is 13.0. The van der Waals surface area contributed by atoms with Crippen molar-refractivity contribution < 1.29 is 14.6 Å². The first kappa shape index (κ1) is 14.6. The van der Waals surface area contributed by atoms with Crippen LogP contribution in [0.2, 0.25) is 0 Å². The monoisotopic (exact) mass is 294 g/mol. The SMILES string of the molecule is OCC(COc1ncncn1)OC1CNC2CCCCC21. The molecule has 1 aromatic rings. The van der Waals surface area contributed by atoms with Crippen LogP contribution in [0.25, 0.3) is 0 Å². The largest absolute Gasteiger partial charge is 0.461 e. The predicted molar refractivity (Wildman–Crippen MR) is 74.8 cm³/mol. The standard InChI is InChI=1S/C14H22N4O3/c19-6-10(7-20-14-17-8-15-9-18-14)21-13-5-16-12-4-2-1-3-11(12)13/h8-13,16,19H,1-7H2. The lowest BCUT2D eigenvalue weighted by Gasteiger charge is -2.30. The quantitative estimate of drug-likeness (QED) is 0.772. The number of aromatic nitrogens is 3. The number of rotatable bonds is 6. The number of nitrogens with one attached hydrogen (secondary N) is 1. The maximum Gasteiger partial charge on any atom is 0.319 e. The van der Waals surface area contributed by atoms with Gasteiger partial charge >= 0.3 is 6.01 Å². The Morgan fingerprint density at radius 2 is 2.10 bits per heavy atom. The summed E-state index contributed by atoms with van der Waals surface area (Å²) in [5.41, 5.74) is 0. The van der Waals surface area contributed by atoms with Crippen molar-refractivity contribution >= 4 is 0 Å². The summed E-state index contributed by atoms with van der Waals surface area (Å²) in [6.45, 7) is 1.03. The molecule has 1 aromatic heterocycles. The molecule has 3 rings (SSSR count). The lowest BCUT2D eigenvalue weighted by Crippen LogP contribution is -2.36. The Kier molecular flexibility index (Phi) is 4.95. The molecule has 0 amide bonds. The van der Waals surface area contributed by atoms with Gasteiger partial charge in [-0.1, -0.05) is 12.8 Å². The highest BCUT2D eigenvalue weighted by molar-refractivity contribution is 4.94. The van der Waals surface area contributed by atoms with E-state index in [0.717, 1.165) is 6.54 Å². The molecule has 1 saturated heterocycles. The third-order valence-corrected chi connectivity index (χ3v) is 4.32. The second kappa shape index (κ2) is 7.11. The van der Waals surface area contributed by atoms with Crippen LogP contribution in [0.5, 0.6) is 6.01 Å². The van der Waals surface area contributed by atoms with Gasteiger partial charge in [0.05, 0.1) is 12.7 Å². The van der Waals surface area contributed by atoms with Gasteiger partial charge in [-0.2, -0.15) is 9.97 Å². The minimum atomic E-state index is -0.353. The average Bonchev–Trinajstić information content (AvgIpc) is 2.95. The van der Waals surface area contributed by atoms with Gasteiger partial charge in [0, 0.05) is 18.5 Å². The molecule has 1 aliphatic heterocycles. The first-order valence-electron chi connectivity index (χ1n) is 7.61. The molecule has 2 fully saturated rings. The highest BCUT2D eigenvalue weighted by atomic mass is 16.6. The van der Waals surface area contributed by atoms with Crippen LogP contribution < -0.4 is 10.1 Å². The van der Waals surface area contributed by atoms with E-state index in [0.29, 0.717) is 12.0 Å². The molecule has 0 bridgehead atoms. The van der Waals surface area contributed by atoms with Crippen LogP contribution >= 0.6 is 0 Å². The molecular weight excluding hydrogens is 272 g/mol. The molecule has 7 nitrogen and oxygen atoms in total. The Balaban J connectivity index is 1.50. The van der Waals surface area contributed by atoms with Gasteiger partial charge < -0.3 is 19.9 Å². The van der Waals surface area contributed by atoms with E-state index in [1.807, 2.05) is 0 Å². The zero-order valence-corrected chi connectivity index (χ0v) is 12.0. The van der Waals surface area contributed by atoms with Gasteiger partial charge in [0.25, 0.3) is 0 Å². The van der Waals surface area contributed by atoms with Crippen molar-refractivity contribution in [2.24, 2.45) is 5.92 Å². The highest BCUT2D eigenvalue weighted by Crippen LogP contribution is 2.32. The maximum atomic E-state index is 9.48. The second-order valence-corrected chi connectivity index (χ2v) is 5.67. The average molecular weight is 294 g/mol. The van der Waals surface area contributed by atoms with Gasteiger partial charge in [-0.25, -0.2) is 4.98 Å². The topological polar surface area (TPSA) is 89.4 Å². The summed E-state index contributed by atoms with van der Waals surface area (Å²) < 4.78 is 11.5. The molecule has 4 atom stereocenters. The summed E-state index contributed by atoms with van der Waals surface area (Å²) in [5.74, 6) is 0.560. The van der Waals surface area contributed by atoms with E-state index in [1.165, 1.54) is 38.3 Å². The number of ether oxygens (including phenoxy) is 2. The molecule has 21 heavy (non-hydrogen) atoms. The molecule has 7 heteroatoms. The molecule has 1 saturated carbocycles. The van der Waals surface area contributed by atoms with Gasteiger partial charge in [-0.3, -0.25) is 0 Å². The van der Waals surface area contributed by atoms with Crippen LogP contribution in [-0.4, -0.2) is 58.1 Å². The molecule has 4 unspecified atom stereocenters. The van der Waals surface area contributed by atoms with Crippen LogP contribution in [0.4, 0.5) is 0 Å². The van der Waals surface area contributed by atoms with Crippen molar-refractivity contribution in [2.75, 3.05) is 19.8 Å². The maximum absolute atomic E-state index is 9.48. The summed E-state index contributed by atoms with van der Waals surface area (Å²) in [6.07, 6.45) is 7.57. The van der Waals surface area contributed by atoms with E-state index in [1.54, 1.807) is 0 Å². The minimum Gasteiger partial charge on any atom is -0.461 e. The van der Waals surface area contributed by atoms with E-state index in [4.69, 9.17) is 9.47 Å². The Labute approximate surface area is 124 Å². The first-order chi connectivity index (χ1) is 10.4. The highest BCUT2D eigenvalue weighted by Gasteiger charge is 2.38. The van der Waals surface area contributed by atoms with Crippen molar-refractivity contribution in [3.63, 3.8) is 0 Å². The van der Waals surface area contributed by atoms with Crippen LogP contribution in [-0.2, 0) is 4.74 Å². The second-order valence-electron chi connectivity index (χ2n) is 5.67. The third kappa shape index (κ3) is 3.66. The van der Waals surface area contributed by atoms with Gasteiger partial charge in [0.1, 0.15) is 25.4 Å². The summed E-state index contributed by atoms with van der Waals surface area (Å²) in [4.78, 5) is 11.5. The Morgan fingerprint density at radius 3 is 2.90 bits per heavy atom. The van der Waals surface area contributed by atoms with E-state index >= 15 is 0 Å². The Hall–Kier alpha value is -1.31. The Morgan fingerprint density at radius 1 is 1.29 bits per heavy atom. The fourth-order valence-electron chi connectivity index (χ4n) is 3.28. The number of fused-ring (bicyclic) bond motifs is 1. The van der Waals surface area contributed by atoms with Crippen molar-refractivity contribution in [3.05, 3.63) is 12.7 Å². The number of hydrogen-bond donors (Lipinski definition) is 2. The van der Waals surface area contributed by atoms with Crippen molar-refractivity contribution in [3.8, 4) is 6.01 Å². The predicted octanol–water partition coefficient (Wildman–Crippen LogP) is 0.159. The molecule has 116 valence electrons. The molecule has 0 aromatic carbocycles. The number of aliphatic hydroxyl groups is 1. The number of hydrogen-bond acceptors (Lipinski definition) is 7. The molecule has 0 radical (unpaired) electrons. The van der Waals surface area contributed by atoms with Crippen molar-refractivity contribution in [2.45, 2.75) is 43.9 Å². The number of aliphatic hydroxyl groups excluding tert-OH is 1. The van der Waals surface area contributed by atoms with E-state index < -0.39 is 0 Å². The van der Waals surface area contributed by atoms with Gasteiger partial charge in [-0.05, 0) is 12.8 Å². The lowest BCUT2D eigenvalue weighted by atomic mass is 9.84. The van der Waals surface area contributed by atoms with E-state index in [2.05, 4.69) is 20.3 Å². The lowest BCUT2D eigenvalue weighted by molar-refractivity contribution is -0.0717. The minimum absolute atomic E-state index is 0.0705. The third-order valence-electron chi connectivity index (χ3n) is 4.32. The van der Waals surface area contributed by atoms with E-state index in [-0.39, 0.29) is 31.4 Å². The van der Waals surface area contributed by atoms with Gasteiger partial charge in [0.2, 0.25) is 0 Å². The fourth-order valence-corrected chi connectivity index (χ4v) is 3.28. The first-order valence-corrected chi connectivity index (χ1v) is 7.61. The van der Waals surface area contributed by atoms with Crippen molar-refractivity contribution in [1.29, 1.82) is 0 Å². The van der Waals surface area contributed by atoms with Crippen LogP contribution in [0.1, 0.15) is 25.7 Å². The molecule has 1 aliphatic carbocycles. The normalized spacial score (nSPS) is 29.9. The summed E-state index contributed by atoms with van der Waals surface area (Å²) >= 11 is 0. The molecular formula is C14H22N4O3. The fraction of sp³-hybridized carbons (Fsp3) is 0.786. The smallest absolute Gasteiger partial charge is 0.319 e. The van der Waals surface area contributed by atoms with E-state index in [9.17, 15) is 5.11 Å². The van der Waals surface area contributed by atoms with Crippen LogP contribution in [0, 0.1) is 5.92 Å².